The fourth-order valence-electron chi connectivity index (χ4n) is 3.51. The zero-order valence-corrected chi connectivity index (χ0v) is 17.7. The van der Waals surface area contributed by atoms with Crippen LogP contribution in [0.15, 0.2) is 42.5 Å². The molecule has 0 bridgehead atoms. The van der Waals surface area contributed by atoms with Gasteiger partial charge in [0.05, 0.1) is 23.0 Å². The monoisotopic (exact) mass is 430 g/mol. The Balaban J connectivity index is 1.26. The second-order valence-electron chi connectivity index (χ2n) is 7.07. The van der Waals surface area contributed by atoms with Crippen molar-refractivity contribution in [2.75, 3.05) is 37.0 Å². The van der Waals surface area contributed by atoms with E-state index in [1.54, 1.807) is 36.6 Å². The van der Waals surface area contributed by atoms with Gasteiger partial charge in [-0.1, -0.05) is 35.1 Å². The normalized spacial score (nSPS) is 14.8. The summed E-state index contributed by atoms with van der Waals surface area (Å²) in [7, 11) is 1.56. The molecular weight excluding hydrogens is 408 g/mol. The molecule has 3 aromatic rings. The van der Waals surface area contributed by atoms with Crippen molar-refractivity contribution in [2.45, 2.75) is 12.8 Å². The molecule has 1 aliphatic heterocycles. The van der Waals surface area contributed by atoms with Crippen molar-refractivity contribution in [3.8, 4) is 5.75 Å². The van der Waals surface area contributed by atoms with Crippen molar-refractivity contribution in [3.05, 3.63) is 47.5 Å². The van der Waals surface area contributed by atoms with E-state index in [0.29, 0.717) is 28.9 Å². The van der Waals surface area contributed by atoms with Crippen LogP contribution in [0.25, 0.3) is 10.2 Å². The summed E-state index contributed by atoms with van der Waals surface area (Å²) in [6.45, 7) is 2.55. The number of benzene rings is 2. The number of fused-ring (bicyclic) bond motifs is 1. The van der Waals surface area contributed by atoms with Crippen LogP contribution in [0.4, 0.5) is 15.6 Å². The van der Waals surface area contributed by atoms with E-state index in [0.717, 1.165) is 36.6 Å². The summed E-state index contributed by atoms with van der Waals surface area (Å²) in [6.07, 6.45) is 2.05. The Kier molecular flexibility index (Phi) is 6.06. The third-order valence-electron chi connectivity index (χ3n) is 5.13. The third kappa shape index (κ3) is 4.74. The van der Waals surface area contributed by atoms with Gasteiger partial charge in [0, 0.05) is 24.7 Å². The molecule has 8 heteroatoms. The number of amides is 2. The molecule has 6 nitrogen and oxygen atoms in total. The van der Waals surface area contributed by atoms with Crippen LogP contribution in [0.3, 0.4) is 0 Å². The van der Waals surface area contributed by atoms with Crippen molar-refractivity contribution in [1.82, 2.24) is 10.3 Å². The Morgan fingerprint density at radius 2 is 2.07 bits per heavy atom. The van der Waals surface area contributed by atoms with Crippen molar-refractivity contribution in [3.63, 3.8) is 0 Å². The van der Waals surface area contributed by atoms with Crippen molar-refractivity contribution < 1.29 is 9.53 Å². The first kappa shape index (κ1) is 19.8. The number of aromatic nitrogens is 1. The molecule has 152 valence electrons. The first-order valence-corrected chi connectivity index (χ1v) is 10.8. The topological polar surface area (TPSA) is 66.5 Å². The fraction of sp³-hybridized carbons (Fsp3) is 0.333. The van der Waals surface area contributed by atoms with Gasteiger partial charge in [-0.25, -0.2) is 9.78 Å². The van der Waals surface area contributed by atoms with Crippen LogP contribution in [0.5, 0.6) is 5.75 Å². The maximum Gasteiger partial charge on any atom is 0.319 e. The predicted molar refractivity (Wildman–Crippen MR) is 120 cm³/mol. The van der Waals surface area contributed by atoms with Crippen LogP contribution in [-0.4, -0.2) is 37.8 Å². The Hall–Kier alpha value is -2.51. The minimum Gasteiger partial charge on any atom is -0.495 e. The van der Waals surface area contributed by atoms with Crippen LogP contribution in [0.1, 0.15) is 12.8 Å². The van der Waals surface area contributed by atoms with Gasteiger partial charge in [0.15, 0.2) is 5.13 Å². The van der Waals surface area contributed by atoms with Crippen LogP contribution in [-0.2, 0) is 0 Å². The van der Waals surface area contributed by atoms with Crippen molar-refractivity contribution >= 4 is 50.0 Å². The molecule has 1 aromatic heterocycles. The van der Waals surface area contributed by atoms with E-state index < -0.39 is 0 Å². The number of hydrogen-bond donors (Lipinski definition) is 2. The SMILES string of the molecule is COc1ccc(Cl)cc1NC(=O)NCC1CCN(c2nc3ccccc3s2)CC1. The van der Waals surface area contributed by atoms with E-state index in [4.69, 9.17) is 21.3 Å². The Morgan fingerprint density at radius 1 is 1.28 bits per heavy atom. The smallest absolute Gasteiger partial charge is 0.319 e. The highest BCUT2D eigenvalue weighted by atomic mass is 35.5. The molecule has 2 heterocycles. The number of carbonyl (C=O) groups excluding carboxylic acids is 1. The summed E-state index contributed by atoms with van der Waals surface area (Å²) in [6, 6.07) is 13.1. The van der Waals surface area contributed by atoms with Crippen LogP contribution >= 0.6 is 22.9 Å². The van der Waals surface area contributed by atoms with E-state index in [2.05, 4.69) is 27.7 Å². The van der Waals surface area contributed by atoms with E-state index in [-0.39, 0.29) is 6.03 Å². The fourth-order valence-corrected chi connectivity index (χ4v) is 4.69. The number of nitrogens with one attached hydrogen (secondary N) is 2. The maximum absolute atomic E-state index is 12.3. The summed E-state index contributed by atoms with van der Waals surface area (Å²) < 4.78 is 6.48. The standard InChI is InChI=1S/C21H23ClN4O2S/c1-28-18-7-6-15(22)12-17(18)24-20(27)23-13-14-8-10-26(11-9-14)21-25-16-4-2-3-5-19(16)29-21/h2-7,12,14H,8-11,13H2,1H3,(H2,23,24,27). The molecule has 0 saturated carbocycles. The molecule has 29 heavy (non-hydrogen) atoms. The summed E-state index contributed by atoms with van der Waals surface area (Å²) in [5, 5.41) is 7.41. The average Bonchev–Trinajstić information content (AvgIpc) is 3.17. The number of ether oxygens (including phenoxy) is 1. The second kappa shape index (κ2) is 8.88. The predicted octanol–water partition coefficient (Wildman–Crippen LogP) is 5.00. The van der Waals surface area contributed by atoms with Gasteiger partial charge in [-0.3, -0.25) is 0 Å². The van der Waals surface area contributed by atoms with Gasteiger partial charge in [0.25, 0.3) is 0 Å². The number of methoxy groups -OCH3 is 1. The number of thiazole rings is 1. The number of nitrogens with zero attached hydrogens (tertiary/aromatic N) is 2. The molecule has 0 spiro atoms. The van der Waals surface area contributed by atoms with Gasteiger partial charge < -0.3 is 20.3 Å². The third-order valence-corrected chi connectivity index (χ3v) is 6.46. The molecule has 1 fully saturated rings. The number of piperidine rings is 1. The molecule has 2 aromatic carbocycles. The van der Waals surface area contributed by atoms with Crippen LogP contribution < -0.4 is 20.3 Å². The van der Waals surface area contributed by atoms with E-state index in [9.17, 15) is 4.79 Å². The highest BCUT2D eigenvalue weighted by molar-refractivity contribution is 7.22. The first-order chi connectivity index (χ1) is 14.1. The maximum atomic E-state index is 12.3. The van der Waals surface area contributed by atoms with E-state index in [1.165, 1.54) is 4.70 Å². The molecular formula is C21H23ClN4O2S. The Bertz CT molecular complexity index is 968. The minimum absolute atomic E-state index is 0.251. The summed E-state index contributed by atoms with van der Waals surface area (Å²) in [5.41, 5.74) is 1.62. The molecule has 0 radical (unpaired) electrons. The van der Waals surface area contributed by atoms with Crippen LogP contribution in [0.2, 0.25) is 5.02 Å². The Morgan fingerprint density at radius 3 is 2.83 bits per heavy atom. The molecule has 0 unspecified atom stereocenters. The minimum atomic E-state index is -0.251. The zero-order valence-electron chi connectivity index (χ0n) is 16.2. The number of halogens is 1. The highest BCUT2D eigenvalue weighted by Gasteiger charge is 2.22. The molecule has 1 saturated heterocycles. The van der Waals surface area contributed by atoms with Crippen molar-refractivity contribution in [2.24, 2.45) is 5.92 Å². The lowest BCUT2D eigenvalue weighted by Gasteiger charge is -2.31. The highest BCUT2D eigenvalue weighted by Crippen LogP contribution is 2.31. The first-order valence-electron chi connectivity index (χ1n) is 9.61. The Labute approximate surface area is 178 Å². The number of hydrogen-bond acceptors (Lipinski definition) is 5. The van der Waals surface area contributed by atoms with Crippen LogP contribution in [0, 0.1) is 5.92 Å². The lowest BCUT2D eigenvalue weighted by atomic mass is 9.97. The molecule has 2 N–H and O–H groups in total. The molecule has 2 amide bonds. The number of urea groups is 1. The van der Waals surface area contributed by atoms with Gasteiger partial charge in [-0.2, -0.15) is 0 Å². The number of anilines is 2. The molecule has 4 rings (SSSR count). The van der Waals surface area contributed by atoms with E-state index >= 15 is 0 Å². The van der Waals surface area contributed by atoms with Gasteiger partial charge >= 0.3 is 6.03 Å². The molecule has 1 aliphatic rings. The average molecular weight is 431 g/mol. The van der Waals surface area contributed by atoms with Gasteiger partial charge in [-0.05, 0) is 49.1 Å². The number of para-hydroxylation sites is 1. The molecule has 0 aliphatic carbocycles. The van der Waals surface area contributed by atoms with Crippen molar-refractivity contribution in [1.29, 1.82) is 0 Å². The molecule has 0 atom stereocenters. The second-order valence-corrected chi connectivity index (χ2v) is 8.52. The number of carbonyl (C=O) groups is 1. The summed E-state index contributed by atoms with van der Waals surface area (Å²) in [4.78, 5) is 19.4. The number of rotatable bonds is 5. The quantitative estimate of drug-likeness (QED) is 0.598. The van der Waals surface area contributed by atoms with Gasteiger partial charge in [0.1, 0.15) is 5.75 Å². The zero-order chi connectivity index (χ0) is 20.2. The van der Waals surface area contributed by atoms with Gasteiger partial charge in [0.2, 0.25) is 0 Å². The largest absolute Gasteiger partial charge is 0.495 e. The lowest BCUT2D eigenvalue weighted by Crippen LogP contribution is -2.39. The summed E-state index contributed by atoms with van der Waals surface area (Å²) >= 11 is 7.75. The van der Waals surface area contributed by atoms with Gasteiger partial charge in [-0.15, -0.1) is 0 Å². The summed E-state index contributed by atoms with van der Waals surface area (Å²) in [5.74, 6) is 1.03. The van der Waals surface area contributed by atoms with E-state index in [1.807, 2.05) is 12.1 Å². The lowest BCUT2D eigenvalue weighted by molar-refractivity contribution is 0.248.